The highest BCUT2D eigenvalue weighted by atomic mass is 35.5. The van der Waals surface area contributed by atoms with E-state index < -0.39 is 0 Å². The molecular formula is C18H15ClN2O. The average Bonchev–Trinajstić information content (AvgIpc) is 2.80. The monoisotopic (exact) mass is 310 g/mol. The molecule has 1 aliphatic heterocycles. The van der Waals surface area contributed by atoms with Crippen molar-refractivity contribution >= 4 is 28.4 Å². The van der Waals surface area contributed by atoms with Crippen molar-refractivity contribution in [3.05, 3.63) is 70.4 Å². The first-order chi connectivity index (χ1) is 10.7. The Bertz CT molecular complexity index is 851. The first-order valence-electron chi connectivity index (χ1n) is 7.36. The van der Waals surface area contributed by atoms with Gasteiger partial charge in [-0.1, -0.05) is 41.9 Å². The Labute approximate surface area is 133 Å². The highest BCUT2D eigenvalue weighted by Gasteiger charge is 2.30. The van der Waals surface area contributed by atoms with Crippen LogP contribution < -0.4 is 5.32 Å². The summed E-state index contributed by atoms with van der Waals surface area (Å²) in [5.41, 5.74) is 4.27. The molecule has 0 saturated carbocycles. The SMILES string of the molecule is O=C1NCCc2c([nH]c3ccccc23)C1c1ccc(Cl)cc1. The van der Waals surface area contributed by atoms with Crippen LogP contribution in [-0.2, 0) is 11.2 Å². The number of rotatable bonds is 1. The fourth-order valence-corrected chi connectivity index (χ4v) is 3.38. The molecule has 2 aromatic carbocycles. The van der Waals surface area contributed by atoms with E-state index in [9.17, 15) is 4.79 Å². The number of nitrogens with one attached hydrogen (secondary N) is 2. The molecule has 3 aromatic rings. The van der Waals surface area contributed by atoms with Gasteiger partial charge in [0.15, 0.2) is 0 Å². The number of aromatic nitrogens is 1. The van der Waals surface area contributed by atoms with E-state index in [0.29, 0.717) is 11.6 Å². The van der Waals surface area contributed by atoms with E-state index in [1.165, 1.54) is 10.9 Å². The van der Waals surface area contributed by atoms with Crippen molar-refractivity contribution in [2.24, 2.45) is 0 Å². The van der Waals surface area contributed by atoms with Gasteiger partial charge in [-0.05, 0) is 35.7 Å². The molecule has 0 spiro atoms. The minimum atomic E-state index is -0.317. The quantitative estimate of drug-likeness (QED) is 0.708. The molecular weight excluding hydrogens is 296 g/mol. The number of para-hydroxylation sites is 1. The number of hydrogen-bond acceptors (Lipinski definition) is 1. The minimum absolute atomic E-state index is 0.0348. The average molecular weight is 311 g/mol. The van der Waals surface area contributed by atoms with Gasteiger partial charge in [-0.25, -0.2) is 0 Å². The van der Waals surface area contributed by atoms with Crippen LogP contribution >= 0.6 is 11.6 Å². The van der Waals surface area contributed by atoms with Gasteiger partial charge < -0.3 is 10.3 Å². The molecule has 3 nitrogen and oxygen atoms in total. The van der Waals surface area contributed by atoms with Gasteiger partial charge in [0, 0.05) is 28.2 Å². The van der Waals surface area contributed by atoms with E-state index in [4.69, 9.17) is 11.6 Å². The van der Waals surface area contributed by atoms with Gasteiger partial charge in [-0.15, -0.1) is 0 Å². The second kappa shape index (κ2) is 5.18. The highest BCUT2D eigenvalue weighted by Crippen LogP contribution is 2.34. The molecule has 1 unspecified atom stereocenters. The van der Waals surface area contributed by atoms with Crippen LogP contribution in [0.25, 0.3) is 10.9 Å². The van der Waals surface area contributed by atoms with Gasteiger partial charge in [0.2, 0.25) is 5.91 Å². The predicted octanol–water partition coefficient (Wildman–Crippen LogP) is 3.63. The Morgan fingerprint density at radius 3 is 2.64 bits per heavy atom. The van der Waals surface area contributed by atoms with Gasteiger partial charge in [0.25, 0.3) is 0 Å². The molecule has 22 heavy (non-hydrogen) atoms. The third-order valence-corrected chi connectivity index (χ3v) is 4.53. The van der Waals surface area contributed by atoms with Gasteiger partial charge in [-0.2, -0.15) is 0 Å². The van der Waals surface area contributed by atoms with Crippen molar-refractivity contribution in [2.45, 2.75) is 12.3 Å². The van der Waals surface area contributed by atoms with Crippen molar-refractivity contribution in [3.63, 3.8) is 0 Å². The number of benzene rings is 2. The van der Waals surface area contributed by atoms with Crippen LogP contribution in [0.5, 0.6) is 0 Å². The lowest BCUT2D eigenvalue weighted by Crippen LogP contribution is -2.29. The standard InChI is InChI=1S/C18H15ClN2O/c19-12-7-5-11(6-8-12)16-17-14(9-10-20-18(16)22)13-3-1-2-4-15(13)21-17/h1-8,16,21H,9-10H2,(H,20,22). The molecule has 2 N–H and O–H groups in total. The van der Waals surface area contributed by atoms with Crippen molar-refractivity contribution in [2.75, 3.05) is 6.54 Å². The summed E-state index contributed by atoms with van der Waals surface area (Å²) in [5.74, 6) is -0.283. The zero-order valence-corrected chi connectivity index (χ0v) is 12.7. The van der Waals surface area contributed by atoms with Crippen LogP contribution in [0.15, 0.2) is 48.5 Å². The van der Waals surface area contributed by atoms with Crippen LogP contribution in [0.3, 0.4) is 0 Å². The Kier molecular flexibility index (Phi) is 3.16. The molecule has 1 atom stereocenters. The molecule has 1 amide bonds. The number of fused-ring (bicyclic) bond motifs is 3. The number of H-pyrrole nitrogens is 1. The van der Waals surface area contributed by atoms with Crippen LogP contribution in [-0.4, -0.2) is 17.4 Å². The third kappa shape index (κ3) is 2.09. The maximum Gasteiger partial charge on any atom is 0.233 e. The smallest absolute Gasteiger partial charge is 0.233 e. The van der Waals surface area contributed by atoms with Crippen molar-refractivity contribution < 1.29 is 4.79 Å². The summed E-state index contributed by atoms with van der Waals surface area (Å²) in [6, 6.07) is 15.7. The summed E-state index contributed by atoms with van der Waals surface area (Å²) in [6.07, 6.45) is 0.842. The number of hydrogen-bond donors (Lipinski definition) is 2. The van der Waals surface area contributed by atoms with Crippen molar-refractivity contribution in [3.8, 4) is 0 Å². The largest absolute Gasteiger partial charge is 0.357 e. The van der Waals surface area contributed by atoms with E-state index in [0.717, 1.165) is 23.2 Å². The molecule has 1 aromatic heterocycles. The first-order valence-corrected chi connectivity index (χ1v) is 7.74. The minimum Gasteiger partial charge on any atom is -0.357 e. The van der Waals surface area contributed by atoms with E-state index in [2.05, 4.69) is 22.4 Å². The lowest BCUT2D eigenvalue weighted by molar-refractivity contribution is -0.121. The lowest BCUT2D eigenvalue weighted by Gasteiger charge is -2.14. The molecule has 4 heteroatoms. The second-order valence-electron chi connectivity index (χ2n) is 5.59. The fourth-order valence-electron chi connectivity index (χ4n) is 3.25. The van der Waals surface area contributed by atoms with Gasteiger partial charge in [-0.3, -0.25) is 4.79 Å². The van der Waals surface area contributed by atoms with Gasteiger partial charge in [0.1, 0.15) is 5.92 Å². The topological polar surface area (TPSA) is 44.9 Å². The third-order valence-electron chi connectivity index (χ3n) is 4.28. The number of amides is 1. The number of aromatic amines is 1. The van der Waals surface area contributed by atoms with E-state index in [-0.39, 0.29) is 11.8 Å². The van der Waals surface area contributed by atoms with Crippen LogP contribution in [0.1, 0.15) is 22.7 Å². The molecule has 0 radical (unpaired) electrons. The van der Waals surface area contributed by atoms with E-state index in [1.807, 2.05) is 36.4 Å². The Hall–Kier alpha value is -2.26. The molecule has 0 bridgehead atoms. The normalized spacial score (nSPS) is 17.9. The molecule has 1 aliphatic rings. The van der Waals surface area contributed by atoms with Crippen molar-refractivity contribution in [1.29, 1.82) is 0 Å². The molecule has 0 aliphatic carbocycles. The Morgan fingerprint density at radius 2 is 1.82 bits per heavy atom. The summed E-state index contributed by atoms with van der Waals surface area (Å²) >= 11 is 5.98. The van der Waals surface area contributed by atoms with E-state index in [1.54, 1.807) is 0 Å². The van der Waals surface area contributed by atoms with Crippen molar-refractivity contribution in [1.82, 2.24) is 10.3 Å². The maximum atomic E-state index is 12.6. The lowest BCUT2D eigenvalue weighted by atomic mass is 9.92. The summed E-state index contributed by atoms with van der Waals surface area (Å²) in [5, 5.41) is 4.89. The van der Waals surface area contributed by atoms with Gasteiger partial charge >= 0.3 is 0 Å². The summed E-state index contributed by atoms with van der Waals surface area (Å²) in [7, 11) is 0. The fraction of sp³-hybridized carbons (Fsp3) is 0.167. The first kappa shape index (κ1) is 13.4. The zero-order chi connectivity index (χ0) is 15.1. The Morgan fingerprint density at radius 1 is 1.05 bits per heavy atom. The Balaban J connectivity index is 1.94. The van der Waals surface area contributed by atoms with E-state index >= 15 is 0 Å². The number of carbonyl (C=O) groups excluding carboxylic acids is 1. The molecule has 2 heterocycles. The maximum absolute atomic E-state index is 12.6. The highest BCUT2D eigenvalue weighted by molar-refractivity contribution is 6.30. The number of carbonyl (C=O) groups is 1. The molecule has 0 fully saturated rings. The molecule has 0 saturated heterocycles. The summed E-state index contributed by atoms with van der Waals surface area (Å²) < 4.78 is 0. The number of halogens is 1. The second-order valence-corrected chi connectivity index (χ2v) is 6.02. The van der Waals surface area contributed by atoms with Gasteiger partial charge in [0.05, 0.1) is 0 Å². The van der Waals surface area contributed by atoms with Crippen LogP contribution in [0.4, 0.5) is 0 Å². The zero-order valence-electron chi connectivity index (χ0n) is 11.9. The summed E-state index contributed by atoms with van der Waals surface area (Å²) in [6.45, 7) is 0.664. The molecule has 4 rings (SSSR count). The van der Waals surface area contributed by atoms with Crippen LogP contribution in [0.2, 0.25) is 5.02 Å². The van der Waals surface area contributed by atoms with Crippen LogP contribution in [0, 0.1) is 0 Å². The summed E-state index contributed by atoms with van der Waals surface area (Å²) in [4.78, 5) is 16.0. The molecule has 110 valence electrons. The predicted molar refractivity (Wildman–Crippen MR) is 88.3 cm³/mol.